The van der Waals surface area contributed by atoms with E-state index in [1.807, 2.05) is 18.7 Å². The average Bonchev–Trinajstić information content (AvgIpc) is 2.50. The first-order valence-electron chi connectivity index (χ1n) is 4.57. The van der Waals surface area contributed by atoms with E-state index in [0.29, 0.717) is 0 Å². The fraction of sp³-hybridized carbons (Fsp3) is 0.778. The van der Waals surface area contributed by atoms with Crippen molar-refractivity contribution in [2.24, 2.45) is 5.92 Å². The number of hydrogen-bond donors (Lipinski definition) is 1. The summed E-state index contributed by atoms with van der Waals surface area (Å²) in [6, 6.07) is -0.380. The molecule has 1 aliphatic heterocycles. The lowest BCUT2D eigenvalue weighted by Crippen LogP contribution is -2.41. The Balaban J connectivity index is 2.68. The van der Waals surface area contributed by atoms with Crippen molar-refractivity contribution >= 4 is 23.2 Å². The van der Waals surface area contributed by atoms with Gasteiger partial charge in [-0.25, -0.2) is 4.79 Å². The molecule has 1 N–H and O–H groups in total. The number of carbonyl (C=O) groups is 1. The molecule has 0 aromatic heterocycles. The van der Waals surface area contributed by atoms with Crippen molar-refractivity contribution < 1.29 is 9.90 Å². The summed E-state index contributed by atoms with van der Waals surface area (Å²) in [7, 11) is 0. The van der Waals surface area contributed by atoms with Crippen molar-refractivity contribution in [3.8, 4) is 0 Å². The number of carboxylic acids is 1. The Bertz CT molecular complexity index is 228. The van der Waals surface area contributed by atoms with Crippen LogP contribution in [0, 0.1) is 5.92 Å². The van der Waals surface area contributed by atoms with Crippen molar-refractivity contribution in [3.05, 3.63) is 0 Å². The number of hydrogen-bond acceptors (Lipinski definition) is 2. The molecule has 13 heavy (non-hydrogen) atoms. The minimum absolute atomic E-state index is 0.259. The van der Waals surface area contributed by atoms with Gasteiger partial charge in [-0.2, -0.15) is 0 Å². The van der Waals surface area contributed by atoms with Gasteiger partial charge in [0.1, 0.15) is 6.04 Å². The molecule has 0 saturated carbocycles. The molecule has 1 saturated heterocycles. The van der Waals surface area contributed by atoms with Gasteiger partial charge in [0.05, 0.1) is 4.99 Å². The van der Waals surface area contributed by atoms with Crippen LogP contribution in [0.1, 0.15) is 26.7 Å². The van der Waals surface area contributed by atoms with Crippen LogP contribution in [0.3, 0.4) is 0 Å². The normalized spacial score (nSPS) is 22.4. The SMILES string of the molecule is CC(C)C(=S)N1CCCC1C(=O)O. The molecule has 4 heteroatoms. The summed E-state index contributed by atoms with van der Waals surface area (Å²) in [6.07, 6.45) is 1.66. The first-order chi connectivity index (χ1) is 6.04. The zero-order valence-corrected chi connectivity index (χ0v) is 8.80. The van der Waals surface area contributed by atoms with Crippen LogP contribution in [0.2, 0.25) is 0 Å². The summed E-state index contributed by atoms with van der Waals surface area (Å²) in [4.78, 5) is 13.5. The molecule has 1 rings (SSSR count). The summed E-state index contributed by atoms with van der Waals surface area (Å²) in [5.74, 6) is -0.490. The zero-order chi connectivity index (χ0) is 10.0. The van der Waals surface area contributed by atoms with Crippen LogP contribution in [-0.2, 0) is 4.79 Å². The smallest absolute Gasteiger partial charge is 0.326 e. The average molecular weight is 201 g/mol. The highest BCUT2D eigenvalue weighted by molar-refractivity contribution is 7.80. The largest absolute Gasteiger partial charge is 0.480 e. The number of rotatable bonds is 2. The maximum absolute atomic E-state index is 10.8. The van der Waals surface area contributed by atoms with Crippen LogP contribution < -0.4 is 0 Å². The summed E-state index contributed by atoms with van der Waals surface area (Å²) in [6.45, 7) is 4.80. The molecule has 1 aliphatic rings. The van der Waals surface area contributed by atoms with Crippen LogP contribution >= 0.6 is 12.2 Å². The van der Waals surface area contributed by atoms with Gasteiger partial charge in [-0.15, -0.1) is 0 Å². The summed E-state index contributed by atoms with van der Waals surface area (Å²) >= 11 is 5.20. The summed E-state index contributed by atoms with van der Waals surface area (Å²) < 4.78 is 0. The van der Waals surface area contributed by atoms with Crippen molar-refractivity contribution in [3.63, 3.8) is 0 Å². The molecule has 0 bridgehead atoms. The molecule has 0 amide bonds. The van der Waals surface area contributed by atoms with Crippen molar-refractivity contribution in [1.82, 2.24) is 4.90 Å². The first-order valence-corrected chi connectivity index (χ1v) is 4.98. The fourth-order valence-electron chi connectivity index (χ4n) is 1.62. The van der Waals surface area contributed by atoms with Gasteiger partial charge >= 0.3 is 5.97 Å². The Kier molecular flexibility index (Phi) is 3.25. The van der Waals surface area contributed by atoms with Gasteiger partial charge in [-0.05, 0) is 12.8 Å². The van der Waals surface area contributed by atoms with Gasteiger partial charge in [-0.1, -0.05) is 26.1 Å². The van der Waals surface area contributed by atoms with Gasteiger partial charge in [0, 0.05) is 12.5 Å². The molecule has 0 aromatic rings. The predicted octanol–water partition coefficient (Wildman–Crippen LogP) is 1.52. The van der Waals surface area contributed by atoms with E-state index in [1.165, 1.54) is 0 Å². The lowest BCUT2D eigenvalue weighted by molar-refractivity contribution is -0.140. The Morgan fingerprint density at radius 2 is 2.23 bits per heavy atom. The zero-order valence-electron chi connectivity index (χ0n) is 7.99. The standard InChI is InChI=1S/C9H15NO2S/c1-6(2)8(13)10-5-3-4-7(10)9(11)12/h6-7H,3-5H2,1-2H3,(H,11,12). The number of aliphatic carboxylic acids is 1. The highest BCUT2D eigenvalue weighted by atomic mass is 32.1. The molecule has 0 spiro atoms. The lowest BCUT2D eigenvalue weighted by atomic mass is 10.2. The molecule has 1 fully saturated rings. The topological polar surface area (TPSA) is 40.5 Å². The quantitative estimate of drug-likeness (QED) is 0.688. The van der Waals surface area contributed by atoms with E-state index in [-0.39, 0.29) is 12.0 Å². The van der Waals surface area contributed by atoms with Gasteiger partial charge in [0.2, 0.25) is 0 Å². The summed E-state index contributed by atoms with van der Waals surface area (Å²) in [5.41, 5.74) is 0. The van der Waals surface area contributed by atoms with Gasteiger partial charge in [0.15, 0.2) is 0 Å². The van der Waals surface area contributed by atoms with E-state index in [2.05, 4.69) is 0 Å². The third-order valence-corrected chi connectivity index (χ3v) is 3.02. The van der Waals surface area contributed by atoms with E-state index in [1.54, 1.807) is 0 Å². The van der Waals surface area contributed by atoms with Gasteiger partial charge in [-0.3, -0.25) is 0 Å². The van der Waals surface area contributed by atoms with Gasteiger partial charge in [0.25, 0.3) is 0 Å². The second-order valence-corrected chi connectivity index (χ2v) is 4.10. The van der Waals surface area contributed by atoms with Crippen molar-refractivity contribution in [1.29, 1.82) is 0 Å². The van der Waals surface area contributed by atoms with Crippen LogP contribution in [0.4, 0.5) is 0 Å². The molecule has 1 atom stereocenters. The third-order valence-electron chi connectivity index (χ3n) is 2.31. The maximum atomic E-state index is 10.8. The second-order valence-electron chi connectivity index (χ2n) is 3.68. The lowest BCUT2D eigenvalue weighted by Gasteiger charge is -2.26. The molecule has 0 aromatic carbocycles. The minimum Gasteiger partial charge on any atom is -0.480 e. The van der Waals surface area contributed by atoms with E-state index in [4.69, 9.17) is 17.3 Å². The van der Waals surface area contributed by atoms with E-state index < -0.39 is 5.97 Å². The fourth-order valence-corrected chi connectivity index (χ4v) is 1.84. The third kappa shape index (κ3) is 2.18. The van der Waals surface area contributed by atoms with Crippen LogP contribution in [0.25, 0.3) is 0 Å². The molecule has 0 aliphatic carbocycles. The first kappa shape index (κ1) is 10.4. The Morgan fingerprint density at radius 3 is 2.69 bits per heavy atom. The number of nitrogens with zero attached hydrogens (tertiary/aromatic N) is 1. The Morgan fingerprint density at radius 1 is 1.62 bits per heavy atom. The number of likely N-dealkylation sites (tertiary alicyclic amines) is 1. The van der Waals surface area contributed by atoms with Crippen molar-refractivity contribution in [2.75, 3.05) is 6.54 Å². The highest BCUT2D eigenvalue weighted by Crippen LogP contribution is 2.20. The van der Waals surface area contributed by atoms with Crippen LogP contribution in [0.5, 0.6) is 0 Å². The number of carboxylic acid groups (broad SMARTS) is 1. The van der Waals surface area contributed by atoms with E-state index in [9.17, 15) is 4.79 Å². The second kappa shape index (κ2) is 4.05. The molecule has 74 valence electrons. The Labute approximate surface area is 83.7 Å². The molecular formula is C9H15NO2S. The molecule has 1 unspecified atom stereocenters. The van der Waals surface area contributed by atoms with E-state index >= 15 is 0 Å². The maximum Gasteiger partial charge on any atom is 0.326 e. The highest BCUT2D eigenvalue weighted by Gasteiger charge is 2.32. The predicted molar refractivity (Wildman–Crippen MR) is 54.8 cm³/mol. The van der Waals surface area contributed by atoms with Gasteiger partial charge < -0.3 is 10.0 Å². The van der Waals surface area contributed by atoms with Crippen LogP contribution in [-0.4, -0.2) is 33.6 Å². The molecular weight excluding hydrogens is 186 g/mol. The number of thiocarbonyl (C=S) groups is 1. The van der Waals surface area contributed by atoms with Crippen LogP contribution in [0.15, 0.2) is 0 Å². The summed E-state index contributed by atoms with van der Waals surface area (Å²) in [5, 5.41) is 8.91. The Hall–Kier alpha value is -0.640. The minimum atomic E-state index is -0.750. The molecule has 3 nitrogen and oxygen atoms in total. The van der Waals surface area contributed by atoms with E-state index in [0.717, 1.165) is 24.4 Å². The molecule has 0 radical (unpaired) electrons. The molecule has 1 heterocycles. The monoisotopic (exact) mass is 201 g/mol. The van der Waals surface area contributed by atoms with Crippen molar-refractivity contribution in [2.45, 2.75) is 32.7 Å².